The molecule has 0 saturated heterocycles. The summed E-state index contributed by atoms with van der Waals surface area (Å²) in [7, 11) is 0. The molecule has 0 rings (SSSR count). The molecule has 0 bridgehead atoms. The third-order valence-electron chi connectivity index (χ3n) is 0.624. The Labute approximate surface area is 51.9 Å². The molecule has 0 N–H and O–H groups in total. The van der Waals surface area contributed by atoms with Gasteiger partial charge in [0.15, 0.2) is 0 Å². The lowest BCUT2D eigenvalue weighted by atomic mass is 10.4. The number of rotatable bonds is 2. The van der Waals surface area contributed by atoms with Gasteiger partial charge in [-0.05, 0) is 6.42 Å². The van der Waals surface area contributed by atoms with Crippen molar-refractivity contribution in [3.63, 3.8) is 0 Å². The molecule has 0 heterocycles. The van der Waals surface area contributed by atoms with Crippen LogP contribution in [0.1, 0.15) is 13.3 Å². The molecule has 0 spiro atoms. The molecule has 1 radical (unpaired) electrons. The average Bonchev–Trinajstić information content (AvgIpc) is 1.65. The zero-order valence-electron chi connectivity index (χ0n) is 3.78. The van der Waals surface area contributed by atoms with E-state index in [1.807, 2.05) is 6.92 Å². The molecule has 0 aliphatic heterocycles. The Morgan fingerprint density at radius 1 is 1.83 bits per heavy atom. The van der Waals surface area contributed by atoms with E-state index in [0.29, 0.717) is 3.92 Å². The molecule has 0 aromatic rings. The topological polar surface area (TPSA) is 19.9 Å². The maximum atomic E-state index is 9.85. The van der Waals surface area contributed by atoms with Crippen molar-refractivity contribution in [1.29, 1.82) is 0 Å². The van der Waals surface area contributed by atoms with Gasteiger partial charge in [0, 0.05) is 3.92 Å². The van der Waals surface area contributed by atoms with Gasteiger partial charge >= 0.3 is 0 Å². The first-order valence-corrected chi connectivity index (χ1v) is 3.28. The monoisotopic (exact) mass is 199 g/mol. The van der Waals surface area contributed by atoms with Gasteiger partial charge in [-0.2, -0.15) is 0 Å². The Morgan fingerprint density at radius 2 is 2.33 bits per heavy atom. The molecule has 0 fully saturated rings. The van der Waals surface area contributed by atoms with Crippen LogP contribution in [0.5, 0.6) is 0 Å². The maximum Gasteiger partial charge on any atom is 0.0939 e. The molecule has 0 aromatic heterocycles. The van der Waals surface area contributed by atoms with E-state index in [0.717, 1.165) is 6.42 Å². The van der Waals surface area contributed by atoms with Gasteiger partial charge in [-0.25, -0.2) is 5.11 Å². The summed E-state index contributed by atoms with van der Waals surface area (Å²) in [4.78, 5) is 0. The zero-order chi connectivity index (χ0) is 4.99. The largest absolute Gasteiger partial charge is 0.236 e. The molecule has 0 aliphatic carbocycles. The van der Waals surface area contributed by atoms with Crippen molar-refractivity contribution in [2.75, 3.05) is 6.61 Å². The number of alkyl halides is 1. The molecular weight excluding hydrogens is 191 g/mol. The van der Waals surface area contributed by atoms with Gasteiger partial charge in [0.25, 0.3) is 0 Å². The van der Waals surface area contributed by atoms with Crippen molar-refractivity contribution in [3.05, 3.63) is 0 Å². The van der Waals surface area contributed by atoms with Crippen molar-refractivity contribution < 1.29 is 5.11 Å². The van der Waals surface area contributed by atoms with Crippen molar-refractivity contribution in [2.24, 2.45) is 0 Å². The van der Waals surface area contributed by atoms with Crippen LogP contribution in [0.15, 0.2) is 0 Å². The van der Waals surface area contributed by atoms with Crippen molar-refractivity contribution in [2.45, 2.75) is 17.3 Å². The van der Waals surface area contributed by atoms with E-state index in [4.69, 9.17) is 0 Å². The summed E-state index contributed by atoms with van der Waals surface area (Å²) >= 11 is 2.16. The van der Waals surface area contributed by atoms with Gasteiger partial charge in [-0.3, -0.25) is 0 Å². The van der Waals surface area contributed by atoms with E-state index in [9.17, 15) is 5.11 Å². The smallest absolute Gasteiger partial charge is 0.0939 e. The lowest BCUT2D eigenvalue weighted by molar-refractivity contribution is 0.196. The van der Waals surface area contributed by atoms with Crippen LogP contribution >= 0.6 is 22.6 Å². The molecule has 37 valence electrons. The van der Waals surface area contributed by atoms with E-state index >= 15 is 0 Å². The third kappa shape index (κ3) is 2.90. The van der Waals surface area contributed by atoms with Crippen LogP contribution in [0.25, 0.3) is 0 Å². The fraction of sp³-hybridized carbons (Fsp3) is 1.00. The predicted octanol–water partition coefficient (Wildman–Crippen LogP) is 1.63. The van der Waals surface area contributed by atoms with Crippen molar-refractivity contribution in [1.82, 2.24) is 0 Å². The second-order valence-electron chi connectivity index (χ2n) is 1.17. The van der Waals surface area contributed by atoms with Gasteiger partial charge in [0.05, 0.1) is 6.61 Å². The summed E-state index contributed by atoms with van der Waals surface area (Å²) in [6.45, 7) is 2.09. The van der Waals surface area contributed by atoms with Gasteiger partial charge in [0.1, 0.15) is 0 Å². The highest BCUT2D eigenvalue weighted by molar-refractivity contribution is 14.1. The maximum absolute atomic E-state index is 9.85. The van der Waals surface area contributed by atoms with E-state index in [1.54, 1.807) is 0 Å². The predicted molar refractivity (Wildman–Crippen MR) is 33.7 cm³/mol. The van der Waals surface area contributed by atoms with Crippen LogP contribution in [-0.4, -0.2) is 10.5 Å². The normalized spacial score (nSPS) is 14.5. The summed E-state index contributed by atoms with van der Waals surface area (Å²) in [6, 6.07) is 0. The van der Waals surface area contributed by atoms with E-state index in [2.05, 4.69) is 22.6 Å². The zero-order valence-corrected chi connectivity index (χ0v) is 5.94. The number of halogens is 1. The Hall–Kier alpha value is 0.690. The van der Waals surface area contributed by atoms with Crippen LogP contribution in [0.4, 0.5) is 0 Å². The lowest BCUT2D eigenvalue weighted by Gasteiger charge is -1.93. The Kier molecular flexibility index (Phi) is 4.31. The van der Waals surface area contributed by atoms with E-state index < -0.39 is 0 Å². The van der Waals surface area contributed by atoms with Crippen molar-refractivity contribution >= 4 is 22.6 Å². The van der Waals surface area contributed by atoms with Crippen LogP contribution < -0.4 is 0 Å². The molecule has 0 aromatic carbocycles. The second-order valence-corrected chi connectivity index (χ2v) is 2.93. The van der Waals surface area contributed by atoms with E-state index in [-0.39, 0.29) is 6.61 Å². The van der Waals surface area contributed by atoms with Crippen molar-refractivity contribution in [3.8, 4) is 0 Å². The summed E-state index contributed by atoms with van der Waals surface area (Å²) < 4.78 is 0.350. The molecule has 0 amide bonds. The van der Waals surface area contributed by atoms with Gasteiger partial charge in [-0.1, -0.05) is 29.5 Å². The van der Waals surface area contributed by atoms with Gasteiger partial charge < -0.3 is 0 Å². The first-order valence-electron chi connectivity index (χ1n) is 2.03. The highest BCUT2D eigenvalue weighted by Crippen LogP contribution is 2.01. The molecular formula is C4H8IO. The molecule has 1 nitrogen and oxygen atoms in total. The van der Waals surface area contributed by atoms with E-state index in [1.165, 1.54) is 0 Å². The number of hydrogen-bond donors (Lipinski definition) is 0. The minimum Gasteiger partial charge on any atom is -0.236 e. The summed E-state index contributed by atoms with van der Waals surface area (Å²) in [6.07, 6.45) is 1.00. The highest BCUT2D eigenvalue weighted by Gasteiger charge is 1.94. The van der Waals surface area contributed by atoms with Crippen LogP contribution in [-0.2, 0) is 5.11 Å². The molecule has 1 atom stereocenters. The van der Waals surface area contributed by atoms with Crippen LogP contribution in [0.2, 0.25) is 0 Å². The molecule has 1 unspecified atom stereocenters. The van der Waals surface area contributed by atoms with Gasteiger partial charge in [-0.15, -0.1) is 0 Å². The minimum atomic E-state index is 0.0665. The SMILES string of the molecule is CCC(I)C[O]. The Bertz CT molecular complexity index is 26.7. The van der Waals surface area contributed by atoms with Crippen LogP contribution in [0.3, 0.4) is 0 Å². The van der Waals surface area contributed by atoms with Crippen LogP contribution in [0, 0.1) is 0 Å². The Balaban J connectivity index is 2.75. The fourth-order valence-electron chi connectivity index (χ4n) is 0.118. The lowest BCUT2D eigenvalue weighted by Crippen LogP contribution is -1.97. The fourth-order valence-corrected chi connectivity index (χ4v) is 0.118. The summed E-state index contributed by atoms with van der Waals surface area (Å²) in [5.74, 6) is 0. The second kappa shape index (κ2) is 3.87. The average molecular weight is 199 g/mol. The highest BCUT2D eigenvalue weighted by atomic mass is 127. The quantitative estimate of drug-likeness (QED) is 0.475. The molecule has 6 heavy (non-hydrogen) atoms. The summed E-state index contributed by atoms with van der Waals surface area (Å²) in [5.41, 5.74) is 0. The first-order chi connectivity index (χ1) is 2.81. The third-order valence-corrected chi connectivity index (χ3v) is 1.86. The Morgan fingerprint density at radius 3 is 2.33 bits per heavy atom. The standard InChI is InChI=1S/C4H8IO/c1-2-4(5)3-6/h4H,2-3H2,1H3. The minimum absolute atomic E-state index is 0.0665. The first kappa shape index (κ1) is 6.69. The molecule has 0 saturated carbocycles. The summed E-state index contributed by atoms with van der Waals surface area (Å²) in [5, 5.41) is 9.85. The molecule has 2 heteroatoms. The number of hydrogen-bond acceptors (Lipinski definition) is 0. The van der Waals surface area contributed by atoms with Gasteiger partial charge in [0.2, 0.25) is 0 Å². The molecule has 0 aliphatic rings.